The van der Waals surface area contributed by atoms with Gasteiger partial charge in [-0.15, -0.1) is 10.2 Å². The molecule has 7 nitrogen and oxygen atoms in total. The van der Waals surface area contributed by atoms with E-state index in [-0.39, 0.29) is 23.9 Å². The van der Waals surface area contributed by atoms with Crippen molar-refractivity contribution in [3.8, 4) is 0 Å². The Bertz CT molecular complexity index is 819. The fourth-order valence-electron chi connectivity index (χ4n) is 4.38. The lowest BCUT2D eigenvalue weighted by Gasteiger charge is -2.37. The highest BCUT2D eigenvalue weighted by Crippen LogP contribution is 2.33. The highest BCUT2D eigenvalue weighted by Gasteiger charge is 2.35. The number of carbonyl (C=O) groups is 1. The van der Waals surface area contributed by atoms with E-state index < -0.39 is 0 Å². The Morgan fingerprint density at radius 2 is 1.87 bits per heavy atom. The molecule has 30 heavy (non-hydrogen) atoms. The lowest BCUT2D eigenvalue weighted by Crippen LogP contribution is -2.48. The predicted molar refractivity (Wildman–Crippen MR) is 113 cm³/mol. The summed E-state index contributed by atoms with van der Waals surface area (Å²) in [5, 5.41) is 8.68. The second kappa shape index (κ2) is 9.71. The summed E-state index contributed by atoms with van der Waals surface area (Å²) in [6.07, 6.45) is 4.78. The minimum atomic E-state index is -0.219. The van der Waals surface area contributed by atoms with Gasteiger partial charge in [0.15, 0.2) is 0 Å². The van der Waals surface area contributed by atoms with Crippen LogP contribution in [0.25, 0.3) is 0 Å². The number of carbonyl (C=O) groups excluding carboxylic acids is 1. The molecular formula is C23H32N4O3. The first kappa shape index (κ1) is 21.0. The minimum absolute atomic E-state index is 0.125. The van der Waals surface area contributed by atoms with Crippen LogP contribution in [0.4, 0.5) is 0 Å². The normalized spacial score (nSPS) is 21.7. The van der Waals surface area contributed by atoms with Crippen molar-refractivity contribution in [2.24, 2.45) is 0 Å². The summed E-state index contributed by atoms with van der Waals surface area (Å²) in [5.41, 5.74) is 1.20. The van der Waals surface area contributed by atoms with E-state index in [1.165, 1.54) is 5.56 Å². The van der Waals surface area contributed by atoms with Gasteiger partial charge < -0.3 is 14.1 Å². The number of amides is 1. The first-order chi connectivity index (χ1) is 14.6. The van der Waals surface area contributed by atoms with Gasteiger partial charge in [0, 0.05) is 32.2 Å². The molecule has 2 aliphatic heterocycles. The van der Waals surface area contributed by atoms with Crippen LogP contribution in [0.5, 0.6) is 0 Å². The minimum Gasteiger partial charge on any atom is -0.423 e. The average Bonchev–Trinajstić information content (AvgIpc) is 3.29. The number of likely N-dealkylation sites (N-methyl/N-ethyl adjacent to an activating group) is 1. The quantitative estimate of drug-likeness (QED) is 0.723. The van der Waals surface area contributed by atoms with Crippen LogP contribution in [0.1, 0.15) is 68.3 Å². The first-order valence-electron chi connectivity index (χ1n) is 11.1. The van der Waals surface area contributed by atoms with Crippen molar-refractivity contribution in [3.63, 3.8) is 0 Å². The maximum Gasteiger partial charge on any atom is 0.240 e. The largest absolute Gasteiger partial charge is 0.423 e. The number of benzene rings is 1. The van der Waals surface area contributed by atoms with Crippen LogP contribution in [0.3, 0.4) is 0 Å². The second-order valence-electron chi connectivity index (χ2n) is 8.49. The van der Waals surface area contributed by atoms with Gasteiger partial charge in [-0.2, -0.15) is 0 Å². The summed E-state index contributed by atoms with van der Waals surface area (Å²) >= 11 is 0. The summed E-state index contributed by atoms with van der Waals surface area (Å²) in [4.78, 5) is 17.5. The molecule has 0 N–H and O–H groups in total. The molecule has 2 fully saturated rings. The fourth-order valence-corrected chi connectivity index (χ4v) is 4.38. The molecule has 0 saturated carbocycles. The highest BCUT2D eigenvalue weighted by atomic mass is 16.5. The molecule has 2 aliphatic rings. The van der Waals surface area contributed by atoms with Gasteiger partial charge in [0.1, 0.15) is 6.04 Å². The zero-order valence-electron chi connectivity index (χ0n) is 18.0. The van der Waals surface area contributed by atoms with Gasteiger partial charge >= 0.3 is 0 Å². The van der Waals surface area contributed by atoms with E-state index in [9.17, 15) is 4.79 Å². The van der Waals surface area contributed by atoms with Crippen molar-refractivity contribution in [1.82, 2.24) is 20.0 Å². The summed E-state index contributed by atoms with van der Waals surface area (Å²) in [6.45, 7) is 4.93. The van der Waals surface area contributed by atoms with Crippen LogP contribution in [-0.4, -0.2) is 58.8 Å². The van der Waals surface area contributed by atoms with Crippen LogP contribution in [0, 0.1) is 0 Å². The third kappa shape index (κ3) is 4.73. The third-order valence-corrected chi connectivity index (χ3v) is 6.39. The van der Waals surface area contributed by atoms with Gasteiger partial charge in [-0.1, -0.05) is 30.3 Å². The van der Waals surface area contributed by atoms with Gasteiger partial charge in [0.2, 0.25) is 17.7 Å². The first-order valence-corrected chi connectivity index (χ1v) is 11.1. The second-order valence-corrected chi connectivity index (χ2v) is 8.49. The van der Waals surface area contributed by atoms with E-state index in [0.29, 0.717) is 11.8 Å². The zero-order chi connectivity index (χ0) is 20.9. The number of hydrogen-bond donors (Lipinski definition) is 0. The molecule has 1 aromatic heterocycles. The van der Waals surface area contributed by atoms with Crippen LogP contribution < -0.4 is 0 Å². The van der Waals surface area contributed by atoms with E-state index in [4.69, 9.17) is 9.15 Å². The van der Waals surface area contributed by atoms with Crippen molar-refractivity contribution >= 4 is 5.91 Å². The Morgan fingerprint density at radius 3 is 2.63 bits per heavy atom. The maximum atomic E-state index is 13.4. The summed E-state index contributed by atoms with van der Waals surface area (Å²) < 4.78 is 11.5. The molecule has 2 aromatic rings. The van der Waals surface area contributed by atoms with Crippen LogP contribution in [-0.2, 0) is 16.1 Å². The Morgan fingerprint density at radius 1 is 1.13 bits per heavy atom. The van der Waals surface area contributed by atoms with Gasteiger partial charge in [-0.25, -0.2) is 0 Å². The summed E-state index contributed by atoms with van der Waals surface area (Å²) in [6, 6.07) is 9.91. The Hall–Kier alpha value is -2.25. The number of hydrogen-bond acceptors (Lipinski definition) is 6. The molecule has 0 aliphatic carbocycles. The molecule has 0 spiro atoms. The van der Waals surface area contributed by atoms with Gasteiger partial charge in [0.05, 0.1) is 6.04 Å². The monoisotopic (exact) mass is 412 g/mol. The lowest BCUT2D eigenvalue weighted by molar-refractivity contribution is -0.140. The molecule has 7 heteroatoms. The third-order valence-electron chi connectivity index (χ3n) is 6.39. The molecule has 3 heterocycles. The molecule has 0 bridgehead atoms. The highest BCUT2D eigenvalue weighted by molar-refractivity contribution is 5.82. The molecule has 1 aromatic carbocycles. The van der Waals surface area contributed by atoms with Gasteiger partial charge in [-0.05, 0) is 51.6 Å². The molecule has 0 radical (unpaired) electrons. The van der Waals surface area contributed by atoms with Crippen LogP contribution >= 0.6 is 0 Å². The molecule has 162 valence electrons. The smallest absolute Gasteiger partial charge is 0.240 e. The van der Waals surface area contributed by atoms with Gasteiger partial charge in [-0.3, -0.25) is 9.69 Å². The molecule has 2 saturated heterocycles. The number of likely N-dealkylation sites (tertiary alicyclic amines) is 1. The van der Waals surface area contributed by atoms with E-state index >= 15 is 0 Å². The number of ether oxygens (including phenoxy) is 1. The van der Waals surface area contributed by atoms with Crippen molar-refractivity contribution in [2.75, 3.05) is 26.8 Å². The topological polar surface area (TPSA) is 71.7 Å². The number of aromatic nitrogens is 2. The van der Waals surface area contributed by atoms with Gasteiger partial charge in [0.25, 0.3) is 0 Å². The molecular weight excluding hydrogens is 380 g/mol. The molecule has 4 rings (SSSR count). The molecule has 0 unspecified atom stereocenters. The van der Waals surface area contributed by atoms with Crippen molar-refractivity contribution < 1.29 is 13.9 Å². The fraction of sp³-hybridized carbons (Fsp3) is 0.609. The Labute approximate surface area is 178 Å². The number of rotatable bonds is 6. The predicted octanol–water partition coefficient (Wildman–Crippen LogP) is 3.54. The van der Waals surface area contributed by atoms with Crippen molar-refractivity contribution in [1.29, 1.82) is 0 Å². The Kier molecular flexibility index (Phi) is 6.79. The SMILES string of the molecule is C[C@H](C(=O)N1CCCC[C@H]1c1nnc(C2CCOCC2)o1)N(C)Cc1ccccc1. The van der Waals surface area contributed by atoms with E-state index in [1.54, 1.807) is 0 Å². The maximum absolute atomic E-state index is 13.4. The number of nitrogens with zero attached hydrogens (tertiary/aromatic N) is 4. The van der Waals surface area contributed by atoms with Crippen LogP contribution in [0.15, 0.2) is 34.7 Å². The van der Waals surface area contributed by atoms with E-state index in [0.717, 1.165) is 58.4 Å². The Balaban J connectivity index is 1.45. The summed E-state index contributed by atoms with van der Waals surface area (Å²) in [7, 11) is 2.00. The lowest BCUT2D eigenvalue weighted by atomic mass is 10.00. The number of piperidine rings is 1. The van der Waals surface area contributed by atoms with Crippen molar-refractivity contribution in [3.05, 3.63) is 47.7 Å². The summed E-state index contributed by atoms with van der Waals surface area (Å²) in [5.74, 6) is 1.68. The average molecular weight is 413 g/mol. The van der Waals surface area contributed by atoms with E-state index in [1.807, 2.05) is 37.1 Å². The standard InChI is InChI=1S/C23H32N4O3/c1-17(26(2)16-18-8-4-3-5-9-18)23(28)27-13-7-6-10-20(27)22-25-24-21(30-22)19-11-14-29-15-12-19/h3-5,8-9,17,19-20H,6-7,10-16H2,1-2H3/t17-,20+/m1/s1. The van der Waals surface area contributed by atoms with Crippen molar-refractivity contribution in [2.45, 2.75) is 63.6 Å². The molecule has 1 amide bonds. The molecule has 2 atom stereocenters. The van der Waals surface area contributed by atoms with Crippen LogP contribution in [0.2, 0.25) is 0 Å². The zero-order valence-corrected chi connectivity index (χ0v) is 18.0. The van der Waals surface area contributed by atoms with E-state index in [2.05, 4.69) is 27.2 Å².